The zero-order valence-electron chi connectivity index (χ0n) is 31.8. The number of hydrogen-bond acceptors (Lipinski definition) is 0. The predicted molar refractivity (Wildman–Crippen MR) is 233 cm³/mol. The topological polar surface area (TPSA) is 0 Å². The Balaban J connectivity index is 0.00000235. The molecular formula is C55H39Cl2Zr. The number of fused-ring (bicyclic) bond motifs is 3. The van der Waals surface area contributed by atoms with E-state index in [4.69, 9.17) is 0 Å². The van der Waals surface area contributed by atoms with Gasteiger partial charge in [0.15, 0.2) is 0 Å². The smallest absolute Gasteiger partial charge is 1.00 e. The molecule has 58 heavy (non-hydrogen) atoms. The minimum Gasteiger partial charge on any atom is -1.00 e. The van der Waals surface area contributed by atoms with Crippen LogP contribution in [0, 0.1) is 0 Å². The molecule has 0 nitrogen and oxygen atoms in total. The standard InChI is InChI=1S/C42H29.C13H10.2ClH.Zr/c1-5-16-29(17-6-1)35-27-15-26-34-28-36-37(30-24-13-14-25-30)39(31-18-7-2-8-19-31)40(32-20-9-3-10-21-32)41(42(36)38(34)35)33-22-11-4-12-23-33;1-3-7-12(8-4-1)11-13-9-5-2-6-10-13;;;/h1-24,26-28H,25H2;1-10H;2*1H;/q;;;;+2/p-2. The summed E-state index contributed by atoms with van der Waals surface area (Å²) in [6.07, 6.45) is 7.91. The van der Waals surface area contributed by atoms with E-state index in [0.29, 0.717) is 0 Å². The second kappa shape index (κ2) is 17.6. The molecule has 0 saturated heterocycles. The molecule has 0 spiro atoms. The van der Waals surface area contributed by atoms with Gasteiger partial charge >= 0.3 is 343 Å². The van der Waals surface area contributed by atoms with Gasteiger partial charge in [0, 0.05) is 0 Å². The molecule has 0 aliphatic heterocycles. The van der Waals surface area contributed by atoms with Crippen LogP contribution in [0.1, 0.15) is 37.9 Å². The minimum absolute atomic E-state index is 0. The van der Waals surface area contributed by atoms with Crippen molar-refractivity contribution in [3.8, 4) is 55.6 Å². The largest absolute Gasteiger partial charge is 1.00 e. The van der Waals surface area contributed by atoms with Crippen molar-refractivity contribution >= 4 is 8.78 Å². The Kier molecular flexibility index (Phi) is 12.0. The van der Waals surface area contributed by atoms with Crippen molar-refractivity contribution < 1.29 is 47.6 Å². The SMILES string of the molecule is C1=CCC(c2c(-c3ccccc3)c(-c3ccccc3)c(-c3ccccc3)c3c2[CH]([Zr+2]=[C](c2ccccc2)c2ccccc2)c2cccc(-c4ccccc4)c2-3)=C1.[Cl-].[Cl-]. The first-order chi connectivity index (χ1) is 27.8. The molecule has 0 N–H and O–H groups in total. The molecule has 0 radical (unpaired) electrons. The molecule has 0 bridgehead atoms. The van der Waals surface area contributed by atoms with Gasteiger partial charge in [-0.05, 0) is 0 Å². The maximum absolute atomic E-state index is 2.46. The van der Waals surface area contributed by atoms with E-state index in [-0.39, 0.29) is 28.4 Å². The molecule has 2 aliphatic rings. The Morgan fingerprint density at radius 2 is 0.828 bits per heavy atom. The summed E-state index contributed by atoms with van der Waals surface area (Å²) >= 11 is -1.48. The van der Waals surface area contributed by atoms with E-state index in [9.17, 15) is 0 Å². The van der Waals surface area contributed by atoms with E-state index < -0.39 is 22.8 Å². The van der Waals surface area contributed by atoms with E-state index in [1.165, 1.54) is 92.2 Å². The molecule has 1 unspecified atom stereocenters. The first kappa shape index (κ1) is 39.4. The summed E-state index contributed by atoms with van der Waals surface area (Å²) in [6, 6.07) is 74.2. The van der Waals surface area contributed by atoms with Gasteiger partial charge < -0.3 is 24.8 Å². The molecule has 0 heterocycles. The normalized spacial score (nSPS) is 13.3. The maximum atomic E-state index is 2.46. The van der Waals surface area contributed by atoms with Gasteiger partial charge in [-0.3, -0.25) is 0 Å². The molecule has 8 aromatic carbocycles. The number of halogens is 2. The zero-order valence-corrected chi connectivity index (χ0v) is 35.8. The summed E-state index contributed by atoms with van der Waals surface area (Å²) in [5.74, 6) is 0. The minimum atomic E-state index is -1.48. The number of benzene rings is 8. The van der Waals surface area contributed by atoms with Crippen LogP contribution in [0.3, 0.4) is 0 Å². The van der Waals surface area contributed by atoms with Crippen molar-refractivity contribution in [1.82, 2.24) is 0 Å². The van der Waals surface area contributed by atoms with Gasteiger partial charge in [0.25, 0.3) is 0 Å². The first-order valence-corrected chi connectivity index (χ1v) is 22.2. The zero-order chi connectivity index (χ0) is 37.3. The number of allylic oxidation sites excluding steroid dienone is 4. The molecule has 10 rings (SSSR count). The van der Waals surface area contributed by atoms with Gasteiger partial charge in [0.2, 0.25) is 0 Å². The van der Waals surface area contributed by atoms with Crippen LogP contribution in [0.15, 0.2) is 218 Å². The number of rotatable bonds is 8. The van der Waals surface area contributed by atoms with Crippen LogP contribution in [0.4, 0.5) is 0 Å². The molecule has 277 valence electrons. The van der Waals surface area contributed by atoms with Crippen LogP contribution >= 0.6 is 0 Å². The van der Waals surface area contributed by atoms with E-state index in [1.54, 1.807) is 0 Å². The van der Waals surface area contributed by atoms with Gasteiger partial charge in [-0.2, -0.15) is 0 Å². The van der Waals surface area contributed by atoms with Gasteiger partial charge in [0.1, 0.15) is 0 Å². The van der Waals surface area contributed by atoms with Crippen LogP contribution < -0.4 is 24.8 Å². The van der Waals surface area contributed by atoms with Crippen LogP contribution in [0.5, 0.6) is 0 Å². The average molecular weight is 862 g/mol. The molecule has 1 atom stereocenters. The maximum Gasteiger partial charge on any atom is -1.00 e. The second-order valence-electron chi connectivity index (χ2n) is 14.5. The van der Waals surface area contributed by atoms with Gasteiger partial charge in [-0.15, -0.1) is 0 Å². The summed E-state index contributed by atoms with van der Waals surface area (Å²) in [6.45, 7) is 0. The van der Waals surface area contributed by atoms with Crippen molar-refractivity contribution in [2.45, 2.75) is 10.0 Å². The first-order valence-electron chi connectivity index (χ1n) is 19.5. The second-order valence-corrected chi connectivity index (χ2v) is 17.9. The molecule has 2 aliphatic carbocycles. The van der Waals surface area contributed by atoms with Crippen molar-refractivity contribution in [3.63, 3.8) is 0 Å². The Bertz CT molecular complexity index is 2730. The quantitative estimate of drug-likeness (QED) is 0.145. The Morgan fingerprint density at radius 3 is 1.29 bits per heavy atom. The molecule has 0 aromatic heterocycles. The monoisotopic (exact) mass is 859 g/mol. The van der Waals surface area contributed by atoms with Crippen molar-refractivity contribution in [3.05, 3.63) is 246 Å². The summed E-state index contributed by atoms with van der Waals surface area (Å²) in [4.78, 5) is 0. The third-order valence-corrected chi connectivity index (χ3v) is 15.6. The summed E-state index contributed by atoms with van der Waals surface area (Å²) in [5.41, 5.74) is 21.5. The summed E-state index contributed by atoms with van der Waals surface area (Å²) in [7, 11) is 0. The third-order valence-electron chi connectivity index (χ3n) is 11.3. The summed E-state index contributed by atoms with van der Waals surface area (Å²) < 4.78 is 1.79. The molecular weight excluding hydrogens is 823 g/mol. The van der Waals surface area contributed by atoms with Crippen LogP contribution in [0.2, 0.25) is 0 Å². The molecule has 0 fully saturated rings. The van der Waals surface area contributed by atoms with E-state index in [1.807, 2.05) is 0 Å². The Labute approximate surface area is 365 Å². The predicted octanol–water partition coefficient (Wildman–Crippen LogP) is 8.13. The fourth-order valence-corrected chi connectivity index (χ4v) is 13.3. The fourth-order valence-electron chi connectivity index (χ4n) is 8.91. The Hall–Kier alpha value is -5.43. The van der Waals surface area contributed by atoms with E-state index >= 15 is 0 Å². The third kappa shape index (κ3) is 7.18. The molecule has 0 amide bonds. The van der Waals surface area contributed by atoms with Gasteiger partial charge in [0.05, 0.1) is 0 Å². The molecule has 3 heteroatoms. The van der Waals surface area contributed by atoms with E-state index in [2.05, 4.69) is 218 Å². The fraction of sp³-hybridized carbons (Fsp3) is 0.0364. The summed E-state index contributed by atoms with van der Waals surface area (Å²) in [5, 5.41) is 0. The van der Waals surface area contributed by atoms with Crippen LogP contribution in [-0.4, -0.2) is 3.21 Å². The van der Waals surface area contributed by atoms with Crippen LogP contribution in [0.25, 0.3) is 61.2 Å². The number of hydrogen-bond donors (Lipinski definition) is 0. The van der Waals surface area contributed by atoms with Gasteiger partial charge in [-0.25, -0.2) is 0 Å². The van der Waals surface area contributed by atoms with Gasteiger partial charge in [-0.1, -0.05) is 0 Å². The van der Waals surface area contributed by atoms with Crippen LogP contribution in [-0.2, 0) is 22.8 Å². The molecule has 8 aromatic rings. The molecule has 0 saturated carbocycles. The average Bonchev–Trinajstić information content (AvgIpc) is 3.94. The van der Waals surface area contributed by atoms with Crippen molar-refractivity contribution in [2.75, 3.05) is 0 Å². The van der Waals surface area contributed by atoms with Crippen molar-refractivity contribution in [2.24, 2.45) is 0 Å². The Morgan fingerprint density at radius 1 is 0.397 bits per heavy atom. The van der Waals surface area contributed by atoms with E-state index in [0.717, 1.165) is 6.42 Å². The van der Waals surface area contributed by atoms with Crippen molar-refractivity contribution in [1.29, 1.82) is 0 Å².